The monoisotopic (exact) mass is 294 g/mol. The summed E-state index contributed by atoms with van der Waals surface area (Å²) in [5, 5.41) is 13.8. The Morgan fingerprint density at radius 3 is 2.81 bits per heavy atom. The highest BCUT2D eigenvalue weighted by molar-refractivity contribution is 5.23. The number of benzene rings is 1. The van der Waals surface area contributed by atoms with Crippen molar-refractivity contribution >= 4 is 0 Å². The summed E-state index contributed by atoms with van der Waals surface area (Å²) in [7, 11) is 0. The van der Waals surface area contributed by atoms with Crippen LogP contribution in [-0.2, 0) is 6.54 Å². The predicted octanol–water partition coefficient (Wildman–Crippen LogP) is 2.57. The SMILES string of the molecule is Cc1cc(CN2CC(O)CC2c2ccc(F)c(F)c2)no1. The largest absolute Gasteiger partial charge is 0.392 e. The van der Waals surface area contributed by atoms with Gasteiger partial charge in [-0.25, -0.2) is 8.78 Å². The highest BCUT2D eigenvalue weighted by atomic mass is 19.2. The Hall–Kier alpha value is -1.79. The molecule has 4 nitrogen and oxygen atoms in total. The predicted molar refractivity (Wildman–Crippen MR) is 71.4 cm³/mol. The molecule has 1 aliphatic heterocycles. The summed E-state index contributed by atoms with van der Waals surface area (Å²) < 4.78 is 31.5. The lowest BCUT2D eigenvalue weighted by Crippen LogP contribution is -2.24. The molecule has 1 saturated heterocycles. The molecule has 2 unspecified atom stereocenters. The molecule has 0 saturated carbocycles. The lowest BCUT2D eigenvalue weighted by Gasteiger charge is -2.23. The summed E-state index contributed by atoms with van der Waals surface area (Å²) in [6.45, 7) is 2.77. The molecule has 1 aromatic heterocycles. The molecule has 112 valence electrons. The van der Waals surface area contributed by atoms with E-state index in [1.165, 1.54) is 6.07 Å². The molecule has 0 aliphatic carbocycles. The molecule has 0 spiro atoms. The second kappa shape index (κ2) is 5.54. The number of likely N-dealkylation sites (tertiary alicyclic amines) is 1. The standard InChI is InChI=1S/C15H16F2N2O2/c1-9-4-11(18-21-9)7-19-8-12(20)6-15(19)10-2-3-13(16)14(17)5-10/h2-5,12,15,20H,6-8H2,1H3. The van der Waals surface area contributed by atoms with Crippen molar-refractivity contribution in [3.8, 4) is 0 Å². The van der Waals surface area contributed by atoms with Crippen LogP contribution in [0.1, 0.15) is 29.5 Å². The van der Waals surface area contributed by atoms with Gasteiger partial charge in [0.2, 0.25) is 0 Å². The number of aryl methyl sites for hydroxylation is 1. The molecule has 1 aliphatic rings. The van der Waals surface area contributed by atoms with E-state index in [4.69, 9.17) is 4.52 Å². The van der Waals surface area contributed by atoms with E-state index in [-0.39, 0.29) is 6.04 Å². The van der Waals surface area contributed by atoms with Gasteiger partial charge >= 0.3 is 0 Å². The Morgan fingerprint density at radius 1 is 1.33 bits per heavy atom. The zero-order chi connectivity index (χ0) is 15.0. The lowest BCUT2D eigenvalue weighted by molar-refractivity contribution is 0.171. The van der Waals surface area contributed by atoms with Crippen LogP contribution in [0.15, 0.2) is 28.8 Å². The quantitative estimate of drug-likeness (QED) is 0.945. The fraction of sp³-hybridized carbons (Fsp3) is 0.400. The first-order chi connectivity index (χ1) is 10.0. The van der Waals surface area contributed by atoms with E-state index < -0.39 is 17.7 Å². The Balaban J connectivity index is 1.83. The molecule has 2 heterocycles. The Kier molecular flexibility index (Phi) is 3.73. The number of aliphatic hydroxyl groups is 1. The summed E-state index contributed by atoms with van der Waals surface area (Å²) in [6.07, 6.45) is -0.00171. The van der Waals surface area contributed by atoms with Crippen molar-refractivity contribution in [2.45, 2.75) is 32.0 Å². The summed E-state index contributed by atoms with van der Waals surface area (Å²) >= 11 is 0. The number of aromatic nitrogens is 1. The Bertz CT molecular complexity index is 644. The van der Waals surface area contributed by atoms with E-state index in [9.17, 15) is 13.9 Å². The van der Waals surface area contributed by atoms with Gasteiger partial charge in [-0.2, -0.15) is 0 Å². The van der Waals surface area contributed by atoms with Gasteiger partial charge in [0.25, 0.3) is 0 Å². The van der Waals surface area contributed by atoms with Gasteiger partial charge in [-0.3, -0.25) is 4.90 Å². The fourth-order valence-corrected chi connectivity index (χ4v) is 2.82. The molecule has 2 atom stereocenters. The summed E-state index contributed by atoms with van der Waals surface area (Å²) in [5.74, 6) is -1.02. The van der Waals surface area contributed by atoms with E-state index in [2.05, 4.69) is 5.16 Å². The Morgan fingerprint density at radius 2 is 2.14 bits per heavy atom. The van der Waals surface area contributed by atoms with Gasteiger partial charge in [-0.1, -0.05) is 11.2 Å². The van der Waals surface area contributed by atoms with Crippen molar-refractivity contribution in [2.75, 3.05) is 6.54 Å². The topological polar surface area (TPSA) is 49.5 Å². The van der Waals surface area contributed by atoms with Crippen LogP contribution >= 0.6 is 0 Å². The number of aliphatic hydroxyl groups excluding tert-OH is 1. The maximum atomic E-state index is 13.4. The van der Waals surface area contributed by atoms with Gasteiger partial charge < -0.3 is 9.63 Å². The zero-order valence-electron chi connectivity index (χ0n) is 11.6. The van der Waals surface area contributed by atoms with Crippen molar-refractivity contribution in [2.24, 2.45) is 0 Å². The third-order valence-corrected chi connectivity index (χ3v) is 3.75. The van der Waals surface area contributed by atoms with E-state index >= 15 is 0 Å². The van der Waals surface area contributed by atoms with Crippen molar-refractivity contribution in [1.29, 1.82) is 0 Å². The average molecular weight is 294 g/mol. The molecule has 0 radical (unpaired) electrons. The van der Waals surface area contributed by atoms with Crippen molar-refractivity contribution in [3.05, 3.63) is 52.9 Å². The van der Waals surface area contributed by atoms with Crippen molar-refractivity contribution in [1.82, 2.24) is 10.1 Å². The first-order valence-electron chi connectivity index (χ1n) is 6.82. The molecule has 0 bridgehead atoms. The minimum Gasteiger partial charge on any atom is -0.392 e. The zero-order valence-corrected chi connectivity index (χ0v) is 11.6. The fourth-order valence-electron chi connectivity index (χ4n) is 2.82. The maximum absolute atomic E-state index is 13.4. The van der Waals surface area contributed by atoms with E-state index in [1.807, 2.05) is 17.9 Å². The second-order valence-electron chi connectivity index (χ2n) is 5.44. The smallest absolute Gasteiger partial charge is 0.159 e. The summed E-state index contributed by atoms with van der Waals surface area (Å²) in [6, 6.07) is 5.54. The third kappa shape index (κ3) is 2.96. The minimum absolute atomic E-state index is 0.160. The van der Waals surface area contributed by atoms with Gasteiger partial charge in [0.1, 0.15) is 5.76 Å². The number of rotatable bonds is 3. The first kappa shape index (κ1) is 14.2. The lowest BCUT2D eigenvalue weighted by atomic mass is 10.0. The Labute approximate surface area is 121 Å². The maximum Gasteiger partial charge on any atom is 0.159 e. The third-order valence-electron chi connectivity index (χ3n) is 3.75. The highest BCUT2D eigenvalue weighted by Crippen LogP contribution is 2.33. The molecule has 0 amide bonds. The molecule has 2 aromatic rings. The van der Waals surface area contributed by atoms with Gasteiger partial charge in [0.15, 0.2) is 11.6 Å². The first-order valence-corrected chi connectivity index (χ1v) is 6.82. The number of β-amino-alcohol motifs (C(OH)–C–C–N with tert-alkyl or cyclic N) is 1. The number of halogens is 2. The van der Waals surface area contributed by atoms with Crippen LogP contribution in [-0.4, -0.2) is 27.8 Å². The summed E-state index contributed by atoms with van der Waals surface area (Å²) in [4.78, 5) is 1.99. The van der Waals surface area contributed by atoms with E-state index in [0.29, 0.717) is 30.8 Å². The summed E-state index contributed by atoms with van der Waals surface area (Å²) in [5.41, 5.74) is 1.42. The van der Waals surface area contributed by atoms with Crippen molar-refractivity contribution < 1.29 is 18.4 Å². The highest BCUT2D eigenvalue weighted by Gasteiger charge is 2.32. The number of nitrogens with zero attached hydrogens (tertiary/aromatic N) is 2. The van der Waals surface area contributed by atoms with Gasteiger partial charge in [0.05, 0.1) is 11.8 Å². The molecule has 1 fully saturated rings. The number of hydrogen-bond donors (Lipinski definition) is 1. The van der Waals surface area contributed by atoms with Crippen LogP contribution < -0.4 is 0 Å². The van der Waals surface area contributed by atoms with Crippen LogP contribution in [0, 0.1) is 18.6 Å². The van der Waals surface area contributed by atoms with Crippen LogP contribution in [0.2, 0.25) is 0 Å². The van der Waals surface area contributed by atoms with Crippen LogP contribution in [0.5, 0.6) is 0 Å². The number of hydrogen-bond acceptors (Lipinski definition) is 4. The molecular weight excluding hydrogens is 278 g/mol. The molecule has 6 heteroatoms. The van der Waals surface area contributed by atoms with Crippen LogP contribution in [0.25, 0.3) is 0 Å². The van der Waals surface area contributed by atoms with E-state index in [1.54, 1.807) is 6.07 Å². The molecule has 1 aromatic carbocycles. The molecule has 1 N–H and O–H groups in total. The van der Waals surface area contributed by atoms with Crippen LogP contribution in [0.4, 0.5) is 8.78 Å². The molecule has 21 heavy (non-hydrogen) atoms. The van der Waals surface area contributed by atoms with Crippen LogP contribution in [0.3, 0.4) is 0 Å². The average Bonchev–Trinajstić information content (AvgIpc) is 3.00. The molecule has 3 rings (SSSR count). The normalized spacial score (nSPS) is 22.9. The van der Waals surface area contributed by atoms with E-state index in [0.717, 1.165) is 11.8 Å². The molecular formula is C15H16F2N2O2. The van der Waals surface area contributed by atoms with Crippen molar-refractivity contribution in [3.63, 3.8) is 0 Å². The van der Waals surface area contributed by atoms with Gasteiger partial charge in [-0.15, -0.1) is 0 Å². The van der Waals surface area contributed by atoms with Gasteiger partial charge in [0, 0.05) is 25.2 Å². The van der Waals surface area contributed by atoms with Gasteiger partial charge in [-0.05, 0) is 31.0 Å². The minimum atomic E-state index is -0.869. The second-order valence-corrected chi connectivity index (χ2v) is 5.44.